The van der Waals surface area contributed by atoms with Crippen molar-refractivity contribution in [1.29, 1.82) is 0 Å². The van der Waals surface area contributed by atoms with Crippen LogP contribution in [0.1, 0.15) is 252 Å². The summed E-state index contributed by atoms with van der Waals surface area (Å²) >= 11 is 0. The molecular weight excluding hydrogens is 1620 g/mol. The Labute approximate surface area is 762 Å². The molecule has 0 saturated heterocycles. The van der Waals surface area contributed by atoms with Crippen molar-refractivity contribution >= 4 is 92.4 Å². The molecule has 0 saturated carbocycles. The first-order valence-corrected chi connectivity index (χ1v) is 40.7. The van der Waals surface area contributed by atoms with Gasteiger partial charge in [-0.3, -0.25) is 38.6 Å². The van der Waals surface area contributed by atoms with Crippen LogP contribution < -0.4 is 44.2 Å². The molecule has 0 bridgehead atoms. The fourth-order valence-electron chi connectivity index (χ4n) is 13.4. The number of carbonyl (C=O) groups is 4. The molecule has 128 heavy (non-hydrogen) atoms. The zero-order valence-corrected chi connectivity index (χ0v) is 73.2. The van der Waals surface area contributed by atoms with E-state index in [1.54, 1.807) is 95.1 Å². The molecule has 16 rings (SSSR count). The topological polar surface area (TPSA) is 471 Å². The molecule has 2 unspecified atom stereocenters. The Hall–Kier alpha value is -14.9. The summed E-state index contributed by atoms with van der Waals surface area (Å²) in [5, 5.41) is 34.5. The van der Waals surface area contributed by atoms with Crippen molar-refractivity contribution in [3.05, 3.63) is 227 Å². The number of hydrogen-bond donors (Lipinski definition) is 8. The molecular formula is C94H110N26O8. The lowest BCUT2D eigenvalue weighted by atomic mass is 9.92. The molecule has 0 spiro atoms. The molecule has 664 valence electrons. The van der Waals surface area contributed by atoms with Gasteiger partial charge in [-0.25, -0.2) is 48.9 Å². The van der Waals surface area contributed by atoms with Gasteiger partial charge in [-0.1, -0.05) is 256 Å². The number of imidazole rings is 4. The van der Waals surface area contributed by atoms with E-state index >= 15 is 0 Å². The Morgan fingerprint density at radius 2 is 0.727 bits per heavy atom. The quantitative estimate of drug-likeness (QED) is 0.0351. The number of nitrogens with two attached hydrogens (primary N) is 4. The van der Waals surface area contributed by atoms with E-state index in [-0.39, 0.29) is 107 Å². The standard InChI is InChI=1S/2C24H28N6O2.2C23H27N7O2/c2*1-14(2)23-28-20(21-22(25)26-10-11-30(21)23)16-8-6-15(7-9-16)12-19(31)27-18-13-17(32-29-18)24(3,4)5;2*1-13(2)22-28-19(20-21(24)25-12-26-30(20)22)15-8-6-14(7-9-15)10-17(31)27-18-11-16(29-32-18)23(3,4)5/h2*6-11,13-14H,12H2,1-5H3,(H2,25,26)(H,27,29,31);2*6-9,11-13H,10H2,1-5H3,(H,27,31)(H2,24,25,26)/i1D3,14D;1D3;3D3,4D3;3D3. The highest BCUT2D eigenvalue weighted by Crippen LogP contribution is 2.37. The number of anilines is 8. The van der Waals surface area contributed by atoms with Crippen molar-refractivity contribution in [2.24, 2.45) is 0 Å². The number of rotatable bonds is 20. The maximum absolute atomic E-state index is 12.6. The third kappa shape index (κ3) is 21.0. The maximum Gasteiger partial charge on any atom is 0.231 e. The molecule has 12 N–H and O–H groups in total. The van der Waals surface area contributed by atoms with E-state index in [2.05, 4.69) is 82.0 Å². The minimum atomic E-state index is -2.88. The van der Waals surface area contributed by atoms with Crippen molar-refractivity contribution in [3.63, 3.8) is 0 Å². The Kier molecular flexibility index (Phi) is 20.7. The average molecular weight is 1750 g/mol. The lowest BCUT2D eigenvalue weighted by Crippen LogP contribution is -2.14. The third-order valence-corrected chi connectivity index (χ3v) is 20.0. The van der Waals surface area contributed by atoms with E-state index in [0.717, 1.165) is 58.0 Å². The van der Waals surface area contributed by atoms with E-state index in [4.69, 9.17) is 72.9 Å². The predicted octanol–water partition coefficient (Wildman–Crippen LogP) is 17.1. The Bertz CT molecular complexity index is 7340. The molecule has 4 amide bonds. The molecule has 12 aromatic heterocycles. The van der Waals surface area contributed by atoms with Crippen molar-refractivity contribution in [2.45, 2.75) is 209 Å². The molecule has 34 heteroatoms. The van der Waals surface area contributed by atoms with Gasteiger partial charge >= 0.3 is 0 Å². The van der Waals surface area contributed by atoms with E-state index in [1.165, 1.54) is 42.4 Å². The van der Waals surface area contributed by atoms with Crippen LogP contribution in [0.5, 0.6) is 0 Å². The molecule has 0 aliphatic carbocycles. The Morgan fingerprint density at radius 3 is 1.07 bits per heavy atom. The van der Waals surface area contributed by atoms with Crippen LogP contribution >= 0.6 is 0 Å². The van der Waals surface area contributed by atoms with Crippen LogP contribution in [0.2, 0.25) is 0 Å². The van der Waals surface area contributed by atoms with Crippen LogP contribution in [-0.2, 0) is 66.5 Å². The van der Waals surface area contributed by atoms with Crippen LogP contribution in [-0.4, -0.2) is 112 Å². The summed E-state index contributed by atoms with van der Waals surface area (Å²) in [6.45, 7) is 14.3. The Balaban J connectivity index is 0.000000161. The highest BCUT2D eigenvalue weighted by Gasteiger charge is 2.28. The molecule has 0 radical (unpaired) electrons. The minimum absolute atomic E-state index is 0.0292. The number of amides is 4. The molecule has 16 aromatic rings. The molecule has 0 aliphatic heterocycles. The molecule has 4 aromatic carbocycles. The van der Waals surface area contributed by atoms with Gasteiger partial charge in [0.25, 0.3) is 0 Å². The van der Waals surface area contributed by atoms with Crippen molar-refractivity contribution in [1.82, 2.24) is 88.5 Å². The summed E-state index contributed by atoms with van der Waals surface area (Å²) in [5.74, 6) is 1.24. The minimum Gasteiger partial charge on any atom is -0.382 e. The predicted molar refractivity (Wildman–Crippen MR) is 493 cm³/mol. The monoisotopic (exact) mass is 1750 g/mol. The molecule has 12 heterocycles. The van der Waals surface area contributed by atoms with Gasteiger partial charge in [0.1, 0.15) is 104 Å². The number of nitrogens with one attached hydrogen (secondary N) is 4. The number of hydrogen-bond acceptors (Lipinski definition) is 26. The van der Waals surface area contributed by atoms with E-state index in [0.29, 0.717) is 96.6 Å². The molecule has 2 atom stereocenters. The lowest BCUT2D eigenvalue weighted by molar-refractivity contribution is -0.116. The normalized spacial score (nSPS) is 14.9. The molecule has 0 aliphatic rings. The fraction of sp³-hybridized carbons (Fsp3) is 0.340. The fourth-order valence-corrected chi connectivity index (χ4v) is 13.4. The maximum atomic E-state index is 12.6. The summed E-state index contributed by atoms with van der Waals surface area (Å²) in [7, 11) is 0. The van der Waals surface area contributed by atoms with Gasteiger partial charge in [-0.05, 0) is 22.3 Å². The number of nitrogen functional groups attached to an aromatic ring is 4. The van der Waals surface area contributed by atoms with Gasteiger partial charge in [0.05, 0.1) is 37.1 Å². The Morgan fingerprint density at radius 1 is 0.391 bits per heavy atom. The second kappa shape index (κ2) is 37.1. The van der Waals surface area contributed by atoms with Gasteiger partial charge in [-0.15, -0.1) is 0 Å². The first kappa shape index (κ1) is 71.4. The van der Waals surface area contributed by atoms with E-state index < -0.39 is 62.8 Å². The van der Waals surface area contributed by atoms with Crippen LogP contribution in [0.25, 0.3) is 67.1 Å². The largest absolute Gasteiger partial charge is 0.382 e. The van der Waals surface area contributed by atoms with E-state index in [1.807, 2.05) is 130 Å². The first-order valence-electron chi connectivity index (χ1n) is 48.7. The average Bonchev–Trinajstić information content (AvgIpc) is 1.70. The van der Waals surface area contributed by atoms with Crippen molar-refractivity contribution in [3.8, 4) is 45.0 Å². The first-order chi connectivity index (χ1) is 67.0. The number of nitrogens with zero attached hydrogens (tertiary/aromatic N) is 18. The van der Waals surface area contributed by atoms with Gasteiger partial charge in [0.15, 0.2) is 23.3 Å². The smallest absolute Gasteiger partial charge is 0.231 e. The number of fused-ring (bicyclic) bond motifs is 4. The number of aromatic nitrogens is 18. The molecule has 0 fully saturated rings. The third-order valence-electron chi connectivity index (χ3n) is 20.0. The SMILES string of the molecule is [2H]C([2H])([2H])C(C)(C)c1cc(NC(=O)Cc2ccc(-c3nc(C(C)C)n4ncnc(N)c34)cc2)on1.[2H]C([2H])([2H])C(C)(c1cc(NC(=O)Cc2ccc(-c3nc(C(C)C)n4ncnc(N)c34)cc2)on1)C([2H])([2H])[2H].[2H]C([2H])([2H])C(C)c1nc(-c2ccc(CC(=O)Nc3cc(C(C)(C)C)on3)cc2)c2c(N)nccn12.[2H]C([2H])([2H])C([2H])(C)c1nc(-c2ccc(CC(=O)Nc3cc(C(C)(C)C)on3)cc2)c2c(N)nccn12. The highest BCUT2D eigenvalue weighted by molar-refractivity contribution is 5.95. The van der Waals surface area contributed by atoms with Crippen LogP contribution in [0.4, 0.5) is 46.7 Å². The van der Waals surface area contributed by atoms with Crippen LogP contribution in [0, 0.1) is 0 Å². The van der Waals surface area contributed by atoms with Crippen molar-refractivity contribution < 1.29 is 59.2 Å². The number of carbonyl (C=O) groups excluding carboxylic acids is 4. The van der Waals surface area contributed by atoms with Gasteiger partial charge in [0.2, 0.25) is 35.4 Å². The van der Waals surface area contributed by atoms with Crippen molar-refractivity contribution in [2.75, 3.05) is 44.2 Å². The summed E-state index contributed by atoms with van der Waals surface area (Å²) in [4.78, 5) is 85.3. The summed E-state index contributed by atoms with van der Waals surface area (Å²) in [5.41, 5.74) is 30.9. The highest BCUT2D eigenvalue weighted by atomic mass is 16.5. The van der Waals surface area contributed by atoms with E-state index in [9.17, 15) is 19.2 Å². The summed E-state index contributed by atoms with van der Waals surface area (Å²) in [6.07, 6.45) is 9.27. The lowest BCUT2D eigenvalue weighted by Gasteiger charge is -2.12. The number of benzene rings is 4. The van der Waals surface area contributed by atoms with Gasteiger partial charge in [-0.2, -0.15) is 10.2 Å². The second-order valence-corrected chi connectivity index (χ2v) is 34.0. The zero-order chi connectivity index (χ0) is 106. The summed E-state index contributed by atoms with van der Waals surface area (Å²) in [6, 6.07) is 34.9. The van der Waals surface area contributed by atoms with Crippen LogP contribution in [0.3, 0.4) is 0 Å². The molecule has 34 nitrogen and oxygen atoms in total. The zero-order valence-electron chi connectivity index (χ0n) is 89.2. The van der Waals surface area contributed by atoms with Gasteiger partial charge in [0, 0.05) is 139 Å². The van der Waals surface area contributed by atoms with Crippen LogP contribution in [0.15, 0.2) is 177 Å². The second-order valence-electron chi connectivity index (χ2n) is 34.0. The van der Waals surface area contributed by atoms with Gasteiger partial charge < -0.3 is 51.7 Å². The summed E-state index contributed by atoms with van der Waals surface area (Å²) < 4.78 is 152.